The largest absolute Gasteiger partial charge is 0.459 e. The number of nitrogen functional groups attached to an aromatic ring is 1. The fourth-order valence-electron chi connectivity index (χ4n) is 2.16. The van der Waals surface area contributed by atoms with Gasteiger partial charge < -0.3 is 5.73 Å². The highest BCUT2D eigenvalue weighted by Crippen LogP contribution is 2.48. The van der Waals surface area contributed by atoms with Gasteiger partial charge in [0.2, 0.25) is 5.95 Å². The minimum absolute atomic E-state index is 0.105. The monoisotopic (exact) mass is 391 g/mol. The third-order valence-electron chi connectivity index (χ3n) is 3.49. The van der Waals surface area contributed by atoms with Gasteiger partial charge in [-0.1, -0.05) is 12.1 Å². The molecule has 0 amide bonds. The van der Waals surface area contributed by atoms with Crippen molar-refractivity contribution >= 4 is 5.69 Å². The standard InChI is InChI=1S/C14H10F9N3/c1-6-4-7(2-3-8(6)24)5-26-11(15)9(13(18,19)20)10(25-26)12(16,17)14(21,22)23/h2-4H,5,24H2,1H3. The quantitative estimate of drug-likeness (QED) is 0.612. The third-order valence-corrected chi connectivity index (χ3v) is 3.49. The van der Waals surface area contributed by atoms with E-state index in [2.05, 4.69) is 5.10 Å². The lowest BCUT2D eigenvalue weighted by Gasteiger charge is -2.19. The van der Waals surface area contributed by atoms with Crippen LogP contribution in [0.5, 0.6) is 0 Å². The van der Waals surface area contributed by atoms with Crippen LogP contribution in [0.25, 0.3) is 0 Å². The number of nitrogens with two attached hydrogens (primary N) is 1. The van der Waals surface area contributed by atoms with Crippen molar-refractivity contribution in [3.05, 3.63) is 46.5 Å². The van der Waals surface area contributed by atoms with E-state index in [1.165, 1.54) is 25.1 Å². The molecule has 3 nitrogen and oxygen atoms in total. The minimum atomic E-state index is -6.38. The number of aryl methyl sites for hydroxylation is 1. The Kier molecular flexibility index (Phi) is 4.67. The molecule has 1 aromatic heterocycles. The average Bonchev–Trinajstić information content (AvgIpc) is 2.79. The maximum atomic E-state index is 14.0. The molecule has 1 heterocycles. The van der Waals surface area contributed by atoms with Crippen LogP contribution in [0.3, 0.4) is 0 Å². The zero-order valence-corrected chi connectivity index (χ0v) is 12.8. The fourth-order valence-corrected chi connectivity index (χ4v) is 2.16. The number of aromatic nitrogens is 2. The summed E-state index contributed by atoms with van der Waals surface area (Å²) in [4.78, 5) is 0. The Bertz CT molecular complexity index is 818. The molecule has 0 radical (unpaired) electrons. The van der Waals surface area contributed by atoms with Crippen LogP contribution in [-0.4, -0.2) is 16.0 Å². The first-order valence-corrected chi connectivity index (χ1v) is 6.79. The number of alkyl halides is 8. The van der Waals surface area contributed by atoms with Crippen molar-refractivity contribution in [1.29, 1.82) is 0 Å². The molecular weight excluding hydrogens is 381 g/mol. The van der Waals surface area contributed by atoms with Crippen molar-refractivity contribution in [3.8, 4) is 0 Å². The molecule has 0 spiro atoms. The normalized spacial score (nSPS) is 13.3. The van der Waals surface area contributed by atoms with Gasteiger partial charge in [-0.2, -0.15) is 44.6 Å². The Morgan fingerprint density at radius 2 is 1.62 bits per heavy atom. The van der Waals surface area contributed by atoms with Crippen LogP contribution in [-0.2, 0) is 18.6 Å². The highest BCUT2D eigenvalue weighted by atomic mass is 19.4. The van der Waals surface area contributed by atoms with E-state index < -0.39 is 42.0 Å². The molecule has 0 aliphatic carbocycles. The van der Waals surface area contributed by atoms with Crippen LogP contribution < -0.4 is 5.73 Å². The summed E-state index contributed by atoms with van der Waals surface area (Å²) in [6.45, 7) is 0.715. The Morgan fingerprint density at radius 3 is 2.08 bits per heavy atom. The van der Waals surface area contributed by atoms with Crippen molar-refractivity contribution in [3.63, 3.8) is 0 Å². The van der Waals surface area contributed by atoms with Crippen molar-refractivity contribution < 1.29 is 39.5 Å². The zero-order valence-electron chi connectivity index (χ0n) is 12.8. The van der Waals surface area contributed by atoms with Gasteiger partial charge in [0.15, 0.2) is 5.69 Å². The first-order valence-electron chi connectivity index (χ1n) is 6.79. The molecule has 2 aromatic rings. The summed E-state index contributed by atoms with van der Waals surface area (Å²) in [6, 6.07) is 3.88. The summed E-state index contributed by atoms with van der Waals surface area (Å²) in [5.74, 6) is -8.33. The molecule has 0 fully saturated rings. The molecule has 144 valence electrons. The Labute approximate surface area is 140 Å². The molecule has 0 unspecified atom stereocenters. The Hall–Kier alpha value is -2.40. The lowest BCUT2D eigenvalue weighted by molar-refractivity contribution is -0.292. The Balaban J connectivity index is 2.61. The lowest BCUT2D eigenvalue weighted by atomic mass is 10.1. The third kappa shape index (κ3) is 3.44. The van der Waals surface area contributed by atoms with Crippen molar-refractivity contribution in [1.82, 2.24) is 9.78 Å². The van der Waals surface area contributed by atoms with Gasteiger partial charge in [0.25, 0.3) is 0 Å². The van der Waals surface area contributed by atoms with Crippen molar-refractivity contribution in [2.24, 2.45) is 0 Å². The molecule has 0 aliphatic heterocycles. The second kappa shape index (κ2) is 6.09. The first kappa shape index (κ1) is 19.9. The van der Waals surface area contributed by atoms with E-state index in [4.69, 9.17) is 5.73 Å². The van der Waals surface area contributed by atoms with Crippen LogP contribution in [0, 0.1) is 12.9 Å². The van der Waals surface area contributed by atoms with E-state index in [1.54, 1.807) is 0 Å². The summed E-state index contributed by atoms with van der Waals surface area (Å²) in [6.07, 6.45) is -12.2. The Morgan fingerprint density at radius 1 is 1.04 bits per heavy atom. The molecule has 0 saturated heterocycles. The summed E-state index contributed by atoms with van der Waals surface area (Å²) < 4.78 is 117. The molecule has 2 rings (SSSR count). The van der Waals surface area contributed by atoms with Crippen molar-refractivity contribution in [2.45, 2.75) is 31.7 Å². The van der Waals surface area contributed by atoms with Gasteiger partial charge in [0, 0.05) is 5.69 Å². The molecule has 0 bridgehead atoms. The van der Waals surface area contributed by atoms with E-state index in [9.17, 15) is 39.5 Å². The molecule has 2 N–H and O–H groups in total. The van der Waals surface area contributed by atoms with Crippen LogP contribution >= 0.6 is 0 Å². The summed E-state index contributed by atoms with van der Waals surface area (Å²) >= 11 is 0. The lowest BCUT2D eigenvalue weighted by Crippen LogP contribution is -2.36. The maximum Gasteiger partial charge on any atom is 0.459 e. The highest BCUT2D eigenvalue weighted by molar-refractivity contribution is 5.47. The second-order valence-corrected chi connectivity index (χ2v) is 5.43. The van der Waals surface area contributed by atoms with Crippen LogP contribution in [0.4, 0.5) is 45.2 Å². The summed E-state index contributed by atoms with van der Waals surface area (Å²) in [5.41, 5.74) is 0.898. The first-order chi connectivity index (χ1) is 11.7. The van der Waals surface area contributed by atoms with E-state index in [0.29, 0.717) is 11.3 Å². The fraction of sp³-hybridized carbons (Fsp3) is 0.357. The minimum Gasteiger partial charge on any atom is -0.399 e. The smallest absolute Gasteiger partial charge is 0.399 e. The van der Waals surface area contributed by atoms with Gasteiger partial charge in [-0.05, 0) is 24.1 Å². The van der Waals surface area contributed by atoms with Gasteiger partial charge in [-0.15, -0.1) is 0 Å². The number of halogens is 9. The summed E-state index contributed by atoms with van der Waals surface area (Å²) in [5, 5.41) is 2.58. The van der Waals surface area contributed by atoms with E-state index in [0.717, 1.165) is 0 Å². The van der Waals surface area contributed by atoms with Gasteiger partial charge in [-0.25, -0.2) is 4.68 Å². The SMILES string of the molecule is Cc1cc(Cn2nc(C(F)(F)C(F)(F)F)c(C(F)(F)F)c2F)ccc1N. The highest BCUT2D eigenvalue weighted by Gasteiger charge is 2.64. The van der Waals surface area contributed by atoms with Gasteiger partial charge in [-0.3, -0.25) is 0 Å². The van der Waals surface area contributed by atoms with Crippen molar-refractivity contribution in [2.75, 3.05) is 5.73 Å². The topological polar surface area (TPSA) is 43.8 Å². The molecule has 0 saturated carbocycles. The van der Waals surface area contributed by atoms with Crippen LogP contribution in [0.1, 0.15) is 22.4 Å². The molecule has 0 aliphatic rings. The zero-order chi connectivity index (χ0) is 20.1. The van der Waals surface area contributed by atoms with Gasteiger partial charge in [0.05, 0.1) is 6.54 Å². The van der Waals surface area contributed by atoms with E-state index in [1.807, 2.05) is 0 Å². The predicted octanol–water partition coefficient (Wildman–Crippen LogP) is 4.63. The number of anilines is 1. The van der Waals surface area contributed by atoms with Gasteiger partial charge >= 0.3 is 18.3 Å². The molecule has 26 heavy (non-hydrogen) atoms. The molecular formula is C14H10F9N3. The number of rotatable bonds is 3. The molecule has 1 aromatic carbocycles. The number of nitrogens with zero attached hydrogens (tertiary/aromatic N) is 2. The number of hydrogen-bond donors (Lipinski definition) is 1. The van der Waals surface area contributed by atoms with E-state index >= 15 is 0 Å². The second-order valence-electron chi connectivity index (χ2n) is 5.43. The maximum absolute atomic E-state index is 14.0. The average molecular weight is 391 g/mol. The van der Waals surface area contributed by atoms with Crippen LogP contribution in [0.2, 0.25) is 0 Å². The molecule has 0 atom stereocenters. The number of hydrogen-bond acceptors (Lipinski definition) is 2. The predicted molar refractivity (Wildman–Crippen MR) is 71.8 cm³/mol. The summed E-state index contributed by atoms with van der Waals surface area (Å²) in [7, 11) is 0. The van der Waals surface area contributed by atoms with Crippen LogP contribution in [0.15, 0.2) is 18.2 Å². The van der Waals surface area contributed by atoms with Gasteiger partial charge in [0.1, 0.15) is 5.56 Å². The molecule has 12 heteroatoms. The number of benzene rings is 1. The van der Waals surface area contributed by atoms with E-state index in [-0.39, 0.29) is 10.2 Å².